The van der Waals surface area contributed by atoms with Crippen LogP contribution in [0.5, 0.6) is 5.75 Å². The SMILES string of the molecule is Cc1ccc(S(=O)(=O)Oc2ccc(-n3cncn3)cc2)cc1. The number of hydrogen-bond donors (Lipinski definition) is 0. The van der Waals surface area contributed by atoms with Gasteiger partial charge in [-0.25, -0.2) is 9.67 Å². The molecule has 112 valence electrons. The van der Waals surface area contributed by atoms with E-state index in [1.165, 1.54) is 18.5 Å². The highest BCUT2D eigenvalue weighted by Crippen LogP contribution is 2.20. The first-order valence-corrected chi connectivity index (χ1v) is 7.92. The highest BCUT2D eigenvalue weighted by atomic mass is 32.2. The molecule has 0 amide bonds. The molecular weight excluding hydrogens is 302 g/mol. The molecule has 22 heavy (non-hydrogen) atoms. The van der Waals surface area contributed by atoms with E-state index in [4.69, 9.17) is 4.18 Å². The Labute approximate surface area is 128 Å². The highest BCUT2D eigenvalue weighted by molar-refractivity contribution is 7.87. The summed E-state index contributed by atoms with van der Waals surface area (Å²) in [7, 11) is -3.83. The van der Waals surface area contributed by atoms with Crippen molar-refractivity contribution in [2.24, 2.45) is 0 Å². The van der Waals surface area contributed by atoms with E-state index in [9.17, 15) is 8.42 Å². The summed E-state index contributed by atoms with van der Waals surface area (Å²) in [4.78, 5) is 3.98. The summed E-state index contributed by atoms with van der Waals surface area (Å²) in [6, 6.07) is 13.0. The molecule has 0 unspecified atom stereocenters. The lowest BCUT2D eigenvalue weighted by molar-refractivity contribution is 0.486. The van der Waals surface area contributed by atoms with Crippen molar-refractivity contribution in [1.29, 1.82) is 0 Å². The summed E-state index contributed by atoms with van der Waals surface area (Å²) < 4.78 is 31.0. The number of aromatic nitrogens is 3. The predicted octanol–water partition coefficient (Wildman–Crippen LogP) is 2.34. The van der Waals surface area contributed by atoms with E-state index in [1.807, 2.05) is 6.92 Å². The van der Waals surface area contributed by atoms with Crippen molar-refractivity contribution in [2.75, 3.05) is 0 Å². The van der Waals surface area contributed by atoms with Crippen LogP contribution in [0.1, 0.15) is 5.56 Å². The second-order valence-electron chi connectivity index (χ2n) is 4.68. The molecule has 1 heterocycles. The zero-order valence-corrected chi connectivity index (χ0v) is 12.6. The third-order valence-electron chi connectivity index (χ3n) is 3.04. The van der Waals surface area contributed by atoms with Crippen LogP contribution in [-0.4, -0.2) is 23.2 Å². The van der Waals surface area contributed by atoms with E-state index in [0.29, 0.717) is 0 Å². The third kappa shape index (κ3) is 2.99. The summed E-state index contributed by atoms with van der Waals surface area (Å²) in [6.45, 7) is 1.89. The van der Waals surface area contributed by atoms with Gasteiger partial charge < -0.3 is 4.18 Å². The second kappa shape index (κ2) is 5.61. The zero-order chi connectivity index (χ0) is 15.6. The van der Waals surface area contributed by atoms with Crippen LogP contribution in [0.4, 0.5) is 0 Å². The molecule has 0 bridgehead atoms. The fourth-order valence-electron chi connectivity index (χ4n) is 1.88. The largest absolute Gasteiger partial charge is 0.379 e. The van der Waals surface area contributed by atoms with Crippen molar-refractivity contribution in [3.05, 3.63) is 66.7 Å². The molecule has 0 saturated heterocycles. The number of rotatable bonds is 4. The maximum Gasteiger partial charge on any atom is 0.339 e. The van der Waals surface area contributed by atoms with Gasteiger partial charge in [-0.15, -0.1) is 0 Å². The maximum atomic E-state index is 12.2. The van der Waals surface area contributed by atoms with Gasteiger partial charge in [0.25, 0.3) is 0 Å². The van der Waals surface area contributed by atoms with Crippen molar-refractivity contribution in [1.82, 2.24) is 14.8 Å². The predicted molar refractivity (Wildman–Crippen MR) is 80.4 cm³/mol. The fourth-order valence-corrected chi connectivity index (χ4v) is 2.81. The van der Waals surface area contributed by atoms with Gasteiger partial charge in [-0.3, -0.25) is 0 Å². The molecule has 0 aliphatic heterocycles. The molecule has 7 heteroatoms. The Morgan fingerprint density at radius 3 is 2.27 bits per heavy atom. The molecule has 0 saturated carbocycles. The van der Waals surface area contributed by atoms with E-state index < -0.39 is 10.1 Å². The summed E-state index contributed by atoms with van der Waals surface area (Å²) >= 11 is 0. The Bertz CT molecular complexity index is 855. The first-order chi connectivity index (χ1) is 10.5. The van der Waals surface area contributed by atoms with Crippen LogP contribution in [0.15, 0.2) is 66.1 Å². The summed E-state index contributed by atoms with van der Waals surface area (Å²) in [6.07, 6.45) is 2.98. The van der Waals surface area contributed by atoms with Gasteiger partial charge in [-0.05, 0) is 43.3 Å². The normalized spacial score (nSPS) is 11.3. The topological polar surface area (TPSA) is 74.1 Å². The van der Waals surface area contributed by atoms with Gasteiger partial charge in [0.15, 0.2) is 0 Å². The van der Waals surface area contributed by atoms with Crippen molar-refractivity contribution < 1.29 is 12.6 Å². The van der Waals surface area contributed by atoms with E-state index in [2.05, 4.69) is 10.1 Å². The van der Waals surface area contributed by atoms with Gasteiger partial charge in [0, 0.05) is 0 Å². The fraction of sp³-hybridized carbons (Fsp3) is 0.0667. The third-order valence-corrected chi connectivity index (χ3v) is 4.30. The Morgan fingerprint density at radius 2 is 1.68 bits per heavy atom. The molecular formula is C15H13N3O3S. The molecule has 1 aromatic heterocycles. The van der Waals surface area contributed by atoms with Gasteiger partial charge >= 0.3 is 10.1 Å². The molecule has 0 aliphatic carbocycles. The first kappa shape index (κ1) is 14.3. The lowest BCUT2D eigenvalue weighted by Crippen LogP contribution is -2.09. The number of hydrogen-bond acceptors (Lipinski definition) is 5. The molecule has 0 atom stereocenters. The van der Waals surface area contributed by atoms with Crippen LogP contribution < -0.4 is 4.18 Å². The number of aryl methyl sites for hydroxylation is 1. The molecule has 6 nitrogen and oxygen atoms in total. The Morgan fingerprint density at radius 1 is 1.00 bits per heavy atom. The number of nitrogens with zero attached hydrogens (tertiary/aromatic N) is 3. The minimum atomic E-state index is -3.83. The summed E-state index contributed by atoms with van der Waals surface area (Å²) in [5.41, 5.74) is 1.74. The van der Waals surface area contributed by atoms with Crippen molar-refractivity contribution >= 4 is 10.1 Å². The van der Waals surface area contributed by atoms with E-state index >= 15 is 0 Å². The monoisotopic (exact) mass is 315 g/mol. The molecule has 0 radical (unpaired) electrons. The smallest absolute Gasteiger partial charge is 0.339 e. The molecule has 0 aliphatic rings. The van der Waals surface area contributed by atoms with Crippen LogP contribution in [0, 0.1) is 6.92 Å². The maximum absolute atomic E-state index is 12.2. The van der Waals surface area contributed by atoms with Crippen molar-refractivity contribution in [3.63, 3.8) is 0 Å². The second-order valence-corrected chi connectivity index (χ2v) is 6.23. The van der Waals surface area contributed by atoms with Gasteiger partial charge in [-0.1, -0.05) is 17.7 Å². The Balaban J connectivity index is 1.82. The van der Waals surface area contributed by atoms with Gasteiger partial charge in [0.2, 0.25) is 0 Å². The van der Waals surface area contributed by atoms with Crippen LogP contribution >= 0.6 is 0 Å². The van der Waals surface area contributed by atoms with E-state index in [0.717, 1.165) is 11.3 Å². The quantitative estimate of drug-likeness (QED) is 0.691. The average molecular weight is 315 g/mol. The standard InChI is InChI=1S/C15H13N3O3S/c1-12-2-8-15(9-3-12)22(19,20)21-14-6-4-13(5-7-14)18-11-16-10-17-18/h2-11H,1H3. The van der Waals surface area contributed by atoms with Crippen LogP contribution in [-0.2, 0) is 10.1 Å². The lowest BCUT2D eigenvalue weighted by atomic mass is 10.2. The van der Waals surface area contributed by atoms with Crippen molar-refractivity contribution in [2.45, 2.75) is 11.8 Å². The highest BCUT2D eigenvalue weighted by Gasteiger charge is 2.16. The number of benzene rings is 2. The van der Waals surface area contributed by atoms with Crippen LogP contribution in [0.3, 0.4) is 0 Å². The average Bonchev–Trinajstić information content (AvgIpc) is 3.02. The summed E-state index contributed by atoms with van der Waals surface area (Å²) in [5.74, 6) is 0.240. The molecule has 3 aromatic rings. The minimum Gasteiger partial charge on any atom is -0.379 e. The molecule has 0 fully saturated rings. The first-order valence-electron chi connectivity index (χ1n) is 6.51. The van der Waals surface area contributed by atoms with Gasteiger partial charge in [0.1, 0.15) is 23.3 Å². The van der Waals surface area contributed by atoms with Gasteiger partial charge in [-0.2, -0.15) is 13.5 Å². The van der Waals surface area contributed by atoms with Crippen molar-refractivity contribution in [3.8, 4) is 11.4 Å². The van der Waals surface area contributed by atoms with Crippen LogP contribution in [0.2, 0.25) is 0 Å². The molecule has 0 spiro atoms. The molecule has 0 N–H and O–H groups in total. The van der Waals surface area contributed by atoms with E-state index in [1.54, 1.807) is 47.4 Å². The lowest BCUT2D eigenvalue weighted by Gasteiger charge is -2.08. The van der Waals surface area contributed by atoms with E-state index in [-0.39, 0.29) is 10.6 Å². The van der Waals surface area contributed by atoms with Gasteiger partial charge in [0.05, 0.1) is 5.69 Å². The molecule has 3 rings (SSSR count). The summed E-state index contributed by atoms with van der Waals surface area (Å²) in [5, 5.41) is 3.99. The minimum absolute atomic E-state index is 0.124. The Kier molecular flexibility index (Phi) is 3.64. The molecule has 2 aromatic carbocycles. The zero-order valence-electron chi connectivity index (χ0n) is 11.7. The Hall–Kier alpha value is -2.67. The van der Waals surface area contributed by atoms with Crippen LogP contribution in [0.25, 0.3) is 5.69 Å².